The summed E-state index contributed by atoms with van der Waals surface area (Å²) in [6, 6.07) is 14.5. The van der Waals surface area contributed by atoms with Crippen molar-refractivity contribution in [3.8, 4) is 0 Å². The van der Waals surface area contributed by atoms with Gasteiger partial charge in [0.2, 0.25) is 17.6 Å². The van der Waals surface area contributed by atoms with Crippen molar-refractivity contribution in [2.24, 2.45) is 13.0 Å². The Morgan fingerprint density at radius 1 is 1.16 bits per heavy atom. The first-order valence-electron chi connectivity index (χ1n) is 10.3. The van der Waals surface area contributed by atoms with Crippen LogP contribution < -0.4 is 10.2 Å². The van der Waals surface area contributed by atoms with Gasteiger partial charge in [-0.15, -0.1) is 0 Å². The summed E-state index contributed by atoms with van der Waals surface area (Å²) in [5, 5.41) is 2.86. The van der Waals surface area contributed by atoms with Crippen molar-refractivity contribution in [1.82, 2.24) is 9.55 Å². The molecule has 0 spiro atoms. The van der Waals surface area contributed by atoms with E-state index in [9.17, 15) is 14.4 Å². The Balaban J connectivity index is 1.41. The lowest BCUT2D eigenvalue weighted by atomic mass is 10.1. The lowest BCUT2D eigenvalue weighted by molar-refractivity contribution is -0.122. The highest BCUT2D eigenvalue weighted by Gasteiger charge is 2.35. The number of hydrogen-bond donors (Lipinski definition) is 1. The maximum atomic E-state index is 12.7. The molecule has 3 aromatic rings. The van der Waals surface area contributed by atoms with E-state index in [-0.39, 0.29) is 24.0 Å². The molecule has 0 saturated carbocycles. The fraction of sp³-hybridized carbons (Fsp3) is 0.250. The predicted molar refractivity (Wildman–Crippen MR) is 118 cm³/mol. The molecule has 1 aromatic heterocycles. The molecule has 7 nitrogen and oxygen atoms in total. The molecule has 1 saturated heterocycles. The van der Waals surface area contributed by atoms with Crippen molar-refractivity contribution >= 4 is 29.0 Å². The average Bonchev–Trinajstić information content (AvgIpc) is 3.39. The summed E-state index contributed by atoms with van der Waals surface area (Å²) in [5.74, 6) is -0.507. The normalized spacial score (nSPS) is 15.9. The van der Waals surface area contributed by atoms with E-state index in [0.717, 1.165) is 17.7 Å². The van der Waals surface area contributed by atoms with Crippen molar-refractivity contribution in [2.45, 2.75) is 19.8 Å². The van der Waals surface area contributed by atoms with Crippen molar-refractivity contribution in [1.29, 1.82) is 0 Å². The largest absolute Gasteiger partial charge is 0.331 e. The number of nitrogens with zero attached hydrogens (tertiary/aromatic N) is 3. The van der Waals surface area contributed by atoms with E-state index in [4.69, 9.17) is 0 Å². The van der Waals surface area contributed by atoms with Gasteiger partial charge in [0.25, 0.3) is 0 Å². The lowest BCUT2D eigenvalue weighted by Gasteiger charge is -2.17. The number of amides is 2. The van der Waals surface area contributed by atoms with E-state index in [2.05, 4.69) is 17.2 Å². The molecule has 0 bridgehead atoms. The Kier molecular flexibility index (Phi) is 5.66. The van der Waals surface area contributed by atoms with Gasteiger partial charge in [-0.3, -0.25) is 14.4 Å². The summed E-state index contributed by atoms with van der Waals surface area (Å²) in [5.41, 5.74) is 3.06. The maximum Gasteiger partial charge on any atom is 0.229 e. The van der Waals surface area contributed by atoms with Crippen molar-refractivity contribution < 1.29 is 14.4 Å². The first-order chi connectivity index (χ1) is 15.0. The molecular formula is C24H24N4O3. The van der Waals surface area contributed by atoms with Crippen LogP contribution >= 0.6 is 0 Å². The number of imidazole rings is 1. The Morgan fingerprint density at radius 2 is 1.94 bits per heavy atom. The van der Waals surface area contributed by atoms with Gasteiger partial charge < -0.3 is 14.8 Å². The number of ketones is 1. The Hall–Kier alpha value is -3.74. The van der Waals surface area contributed by atoms with Gasteiger partial charge in [0.05, 0.1) is 5.92 Å². The standard InChI is InChI=1S/C24H24N4O3/c1-3-16-5-4-6-20(13-16)28-15-18(14-21(28)29)24(31)26-19-9-7-17(8-10-19)22(30)23-25-11-12-27(23)2/h4-13,18H,3,14-15H2,1-2H3,(H,26,31)/t18-/m1/s1. The van der Waals surface area contributed by atoms with Crippen LogP contribution in [0.25, 0.3) is 0 Å². The molecule has 1 aliphatic heterocycles. The summed E-state index contributed by atoms with van der Waals surface area (Å²) < 4.78 is 1.66. The number of rotatable bonds is 6. The van der Waals surface area contributed by atoms with Crippen LogP contribution in [0.15, 0.2) is 60.9 Å². The minimum absolute atomic E-state index is 0.0515. The molecular weight excluding hydrogens is 392 g/mol. The molecule has 4 rings (SSSR count). The van der Waals surface area contributed by atoms with E-state index in [0.29, 0.717) is 23.6 Å². The number of carbonyl (C=O) groups is 3. The smallest absolute Gasteiger partial charge is 0.229 e. The van der Waals surface area contributed by atoms with E-state index < -0.39 is 5.92 Å². The predicted octanol–water partition coefficient (Wildman–Crippen LogP) is 3.21. The van der Waals surface area contributed by atoms with Gasteiger partial charge in [-0.2, -0.15) is 0 Å². The second kappa shape index (κ2) is 8.55. The Labute approximate surface area is 180 Å². The van der Waals surface area contributed by atoms with Gasteiger partial charge in [-0.1, -0.05) is 19.1 Å². The highest BCUT2D eigenvalue weighted by molar-refractivity contribution is 6.07. The summed E-state index contributed by atoms with van der Waals surface area (Å²) in [6.07, 6.45) is 4.36. The molecule has 7 heteroatoms. The lowest BCUT2D eigenvalue weighted by Crippen LogP contribution is -2.28. The number of aryl methyl sites for hydroxylation is 2. The minimum Gasteiger partial charge on any atom is -0.331 e. The highest BCUT2D eigenvalue weighted by Crippen LogP contribution is 2.27. The quantitative estimate of drug-likeness (QED) is 0.626. The zero-order valence-corrected chi connectivity index (χ0v) is 17.5. The van der Waals surface area contributed by atoms with Crippen LogP contribution in [-0.2, 0) is 23.1 Å². The monoisotopic (exact) mass is 416 g/mol. The van der Waals surface area contributed by atoms with Crippen molar-refractivity contribution in [3.63, 3.8) is 0 Å². The van der Waals surface area contributed by atoms with Crippen molar-refractivity contribution in [3.05, 3.63) is 77.9 Å². The zero-order chi connectivity index (χ0) is 22.0. The van der Waals surface area contributed by atoms with Crippen LogP contribution in [0.4, 0.5) is 11.4 Å². The first kappa shape index (κ1) is 20.5. The third-order valence-electron chi connectivity index (χ3n) is 5.57. The second-order valence-electron chi connectivity index (χ2n) is 7.69. The van der Waals surface area contributed by atoms with Gasteiger partial charge in [-0.25, -0.2) is 4.98 Å². The van der Waals surface area contributed by atoms with Gasteiger partial charge in [-0.05, 0) is 48.4 Å². The summed E-state index contributed by atoms with van der Waals surface area (Å²) >= 11 is 0. The number of hydrogen-bond acceptors (Lipinski definition) is 4. The number of anilines is 2. The van der Waals surface area contributed by atoms with E-state index >= 15 is 0 Å². The second-order valence-corrected chi connectivity index (χ2v) is 7.69. The molecule has 158 valence electrons. The van der Waals surface area contributed by atoms with Gasteiger partial charge in [0, 0.05) is 49.3 Å². The van der Waals surface area contributed by atoms with Gasteiger partial charge in [0.15, 0.2) is 5.82 Å². The molecule has 2 aromatic carbocycles. The minimum atomic E-state index is -0.424. The molecule has 2 heterocycles. The van der Waals surface area contributed by atoms with Crippen LogP contribution in [0, 0.1) is 5.92 Å². The molecule has 0 aliphatic carbocycles. The topological polar surface area (TPSA) is 84.3 Å². The number of carbonyl (C=O) groups excluding carboxylic acids is 3. The number of benzene rings is 2. The fourth-order valence-electron chi connectivity index (χ4n) is 3.74. The molecule has 2 amide bonds. The Bertz CT molecular complexity index is 1130. The molecule has 1 fully saturated rings. The third-order valence-corrected chi connectivity index (χ3v) is 5.57. The molecule has 1 N–H and O–H groups in total. The molecule has 0 radical (unpaired) electrons. The number of nitrogens with one attached hydrogen (secondary N) is 1. The number of aromatic nitrogens is 2. The fourth-order valence-corrected chi connectivity index (χ4v) is 3.74. The van der Waals surface area contributed by atoms with Crippen LogP contribution in [-0.4, -0.2) is 33.7 Å². The molecule has 1 aliphatic rings. The van der Waals surface area contributed by atoms with Crippen LogP contribution in [0.5, 0.6) is 0 Å². The Morgan fingerprint density at radius 3 is 2.61 bits per heavy atom. The van der Waals surface area contributed by atoms with E-state index in [1.54, 1.807) is 53.2 Å². The first-order valence-corrected chi connectivity index (χ1v) is 10.3. The molecule has 1 atom stereocenters. The average molecular weight is 416 g/mol. The zero-order valence-electron chi connectivity index (χ0n) is 17.5. The summed E-state index contributed by atoms with van der Waals surface area (Å²) in [4.78, 5) is 43.5. The third kappa shape index (κ3) is 4.26. The van der Waals surface area contributed by atoms with Gasteiger partial charge in [0.1, 0.15) is 0 Å². The summed E-state index contributed by atoms with van der Waals surface area (Å²) in [7, 11) is 1.76. The molecule has 31 heavy (non-hydrogen) atoms. The van der Waals surface area contributed by atoms with Crippen LogP contribution in [0.3, 0.4) is 0 Å². The summed E-state index contributed by atoms with van der Waals surface area (Å²) in [6.45, 7) is 2.42. The maximum absolute atomic E-state index is 12.7. The van der Waals surface area contributed by atoms with Gasteiger partial charge >= 0.3 is 0 Å². The van der Waals surface area contributed by atoms with Crippen molar-refractivity contribution in [2.75, 3.05) is 16.8 Å². The van der Waals surface area contributed by atoms with E-state index in [1.165, 1.54) is 0 Å². The van der Waals surface area contributed by atoms with E-state index in [1.807, 2.05) is 24.3 Å². The highest BCUT2D eigenvalue weighted by atomic mass is 16.2. The molecule has 0 unspecified atom stereocenters. The SMILES string of the molecule is CCc1cccc(N2C[C@H](C(=O)Nc3ccc(C(=O)c4nccn4C)cc3)CC2=O)c1. The van der Waals surface area contributed by atoms with Crippen LogP contribution in [0.2, 0.25) is 0 Å². The van der Waals surface area contributed by atoms with Crippen LogP contribution in [0.1, 0.15) is 35.1 Å².